The van der Waals surface area contributed by atoms with Crippen LogP contribution in [0.2, 0.25) is 0 Å². The van der Waals surface area contributed by atoms with Crippen molar-refractivity contribution in [3.05, 3.63) is 24.3 Å². The second-order valence-electron chi connectivity index (χ2n) is 4.08. The molecule has 1 rings (SSSR count). The van der Waals surface area contributed by atoms with Crippen LogP contribution in [0.5, 0.6) is 0 Å². The lowest BCUT2D eigenvalue weighted by atomic mass is 10.0. The molecule has 0 aromatic heterocycles. The third-order valence-corrected chi connectivity index (χ3v) is 2.79. The summed E-state index contributed by atoms with van der Waals surface area (Å²) in [5, 5.41) is 11.7. The molecule has 3 nitrogen and oxygen atoms in total. The first-order chi connectivity index (χ1) is 7.22. The number of hydrogen-bond acceptors (Lipinski definition) is 2. The van der Waals surface area contributed by atoms with Gasteiger partial charge in [0.05, 0.1) is 0 Å². The number of amides is 1. The zero-order valence-electron chi connectivity index (χ0n) is 9.20. The van der Waals surface area contributed by atoms with E-state index in [4.69, 9.17) is 5.11 Å². The van der Waals surface area contributed by atoms with Crippen molar-refractivity contribution >= 4 is 5.91 Å². The summed E-state index contributed by atoms with van der Waals surface area (Å²) in [6.45, 7) is 2.81. The van der Waals surface area contributed by atoms with Gasteiger partial charge in [-0.1, -0.05) is 18.2 Å². The number of nitrogens with one attached hydrogen (secondary N) is 1. The Hall–Kier alpha value is -1.09. The topological polar surface area (TPSA) is 49.3 Å². The third-order valence-electron chi connectivity index (χ3n) is 2.79. The highest BCUT2D eigenvalue weighted by Crippen LogP contribution is 2.47. The molecule has 0 unspecified atom stereocenters. The summed E-state index contributed by atoms with van der Waals surface area (Å²) in [5.74, 6) is -0.0580. The predicted octanol–water partition coefficient (Wildman–Crippen LogP) is 1.40. The van der Waals surface area contributed by atoms with Crippen molar-refractivity contribution in [3.63, 3.8) is 0 Å². The van der Waals surface area contributed by atoms with Gasteiger partial charge in [0.1, 0.15) is 0 Å². The largest absolute Gasteiger partial charge is 0.396 e. The third kappa shape index (κ3) is 4.30. The van der Waals surface area contributed by atoms with Crippen LogP contribution in [0.4, 0.5) is 0 Å². The lowest BCUT2D eigenvalue weighted by molar-refractivity contribution is -0.116. The summed E-state index contributed by atoms with van der Waals surface area (Å²) >= 11 is 0. The van der Waals surface area contributed by atoms with Crippen LogP contribution in [-0.4, -0.2) is 24.2 Å². The van der Waals surface area contributed by atoms with E-state index in [2.05, 4.69) is 5.32 Å². The minimum atomic E-state index is -0.0580. The molecule has 2 N–H and O–H groups in total. The molecule has 1 fully saturated rings. The minimum Gasteiger partial charge on any atom is -0.396 e. The molecule has 15 heavy (non-hydrogen) atoms. The molecule has 0 radical (unpaired) electrons. The molecule has 3 heteroatoms. The second kappa shape index (κ2) is 5.71. The average molecular weight is 209 g/mol. The number of allylic oxidation sites excluding steroid dienone is 3. The lowest BCUT2D eigenvalue weighted by Crippen LogP contribution is -2.29. The molecule has 0 aliphatic heterocycles. The minimum absolute atomic E-state index is 0.0580. The molecule has 0 saturated heterocycles. The zero-order chi connectivity index (χ0) is 11.1. The van der Waals surface area contributed by atoms with E-state index in [0.29, 0.717) is 6.54 Å². The maximum atomic E-state index is 11.3. The highest BCUT2D eigenvalue weighted by molar-refractivity contribution is 5.87. The van der Waals surface area contributed by atoms with E-state index in [1.165, 1.54) is 6.08 Å². The van der Waals surface area contributed by atoms with Gasteiger partial charge in [-0.05, 0) is 31.6 Å². The number of rotatable bonds is 6. The summed E-state index contributed by atoms with van der Waals surface area (Å²) in [5.41, 5.74) is 0.193. The van der Waals surface area contributed by atoms with E-state index in [-0.39, 0.29) is 17.9 Å². The standard InChI is InChI=1S/C12H19NO2/c1-2-3-4-5-11(15)13-10-12(6-7-12)8-9-14/h2-5,14H,6-10H2,1H3,(H,13,15). The summed E-state index contributed by atoms with van der Waals surface area (Å²) in [7, 11) is 0. The van der Waals surface area contributed by atoms with Gasteiger partial charge in [0.2, 0.25) is 5.91 Å². The maximum absolute atomic E-state index is 11.3. The van der Waals surface area contributed by atoms with Gasteiger partial charge in [0.15, 0.2) is 0 Å². The Morgan fingerprint density at radius 1 is 1.47 bits per heavy atom. The molecule has 0 bridgehead atoms. The van der Waals surface area contributed by atoms with Gasteiger partial charge in [-0.3, -0.25) is 4.79 Å². The normalized spacial score (nSPS) is 18.5. The first kappa shape index (κ1) is 12.0. The molecule has 84 valence electrons. The van der Waals surface area contributed by atoms with Crippen LogP contribution in [0, 0.1) is 5.41 Å². The van der Waals surface area contributed by atoms with Crippen molar-refractivity contribution in [1.29, 1.82) is 0 Å². The number of aliphatic hydroxyl groups is 1. The molecular weight excluding hydrogens is 190 g/mol. The lowest BCUT2D eigenvalue weighted by Gasteiger charge is -2.13. The monoisotopic (exact) mass is 209 g/mol. The first-order valence-electron chi connectivity index (χ1n) is 5.40. The van der Waals surface area contributed by atoms with Crippen LogP contribution in [-0.2, 0) is 4.79 Å². The number of carbonyl (C=O) groups excluding carboxylic acids is 1. The molecule has 1 aliphatic carbocycles. The van der Waals surface area contributed by atoms with Crippen LogP contribution >= 0.6 is 0 Å². The van der Waals surface area contributed by atoms with Gasteiger partial charge in [-0.2, -0.15) is 0 Å². The summed E-state index contributed by atoms with van der Waals surface area (Å²) < 4.78 is 0. The summed E-state index contributed by atoms with van der Waals surface area (Å²) in [6.07, 6.45) is 9.97. The van der Waals surface area contributed by atoms with Gasteiger partial charge >= 0.3 is 0 Å². The fraction of sp³-hybridized carbons (Fsp3) is 0.583. The summed E-state index contributed by atoms with van der Waals surface area (Å²) in [4.78, 5) is 11.3. The molecule has 1 aliphatic rings. The van der Waals surface area contributed by atoms with Crippen LogP contribution in [0.15, 0.2) is 24.3 Å². The molecule has 0 heterocycles. The molecule has 0 aromatic rings. The Morgan fingerprint density at radius 3 is 2.73 bits per heavy atom. The number of carbonyl (C=O) groups is 1. The molecule has 1 amide bonds. The average Bonchev–Trinajstić information content (AvgIpc) is 2.97. The van der Waals surface area contributed by atoms with E-state index >= 15 is 0 Å². The van der Waals surface area contributed by atoms with Crippen LogP contribution in [0.1, 0.15) is 26.2 Å². The first-order valence-corrected chi connectivity index (χ1v) is 5.40. The quantitative estimate of drug-likeness (QED) is 0.513. The van der Waals surface area contributed by atoms with Crippen molar-refractivity contribution in [1.82, 2.24) is 5.32 Å². The van der Waals surface area contributed by atoms with Crippen molar-refractivity contribution in [2.24, 2.45) is 5.41 Å². The molecule has 1 saturated carbocycles. The Bertz CT molecular complexity index is 265. The predicted molar refractivity (Wildman–Crippen MR) is 60.3 cm³/mol. The van der Waals surface area contributed by atoms with E-state index in [9.17, 15) is 4.79 Å². The van der Waals surface area contributed by atoms with E-state index in [1.807, 2.05) is 19.1 Å². The zero-order valence-corrected chi connectivity index (χ0v) is 9.20. The highest BCUT2D eigenvalue weighted by Gasteiger charge is 2.41. The Kier molecular flexibility index (Phi) is 4.56. The van der Waals surface area contributed by atoms with E-state index in [0.717, 1.165) is 19.3 Å². The fourth-order valence-electron chi connectivity index (χ4n) is 1.52. The smallest absolute Gasteiger partial charge is 0.243 e. The van der Waals surface area contributed by atoms with Crippen molar-refractivity contribution < 1.29 is 9.90 Å². The Morgan fingerprint density at radius 2 is 2.20 bits per heavy atom. The molecule has 0 atom stereocenters. The second-order valence-corrected chi connectivity index (χ2v) is 4.08. The highest BCUT2D eigenvalue weighted by atomic mass is 16.3. The van der Waals surface area contributed by atoms with Crippen molar-refractivity contribution in [2.45, 2.75) is 26.2 Å². The Labute approximate surface area is 90.9 Å². The molecular formula is C12H19NO2. The van der Waals surface area contributed by atoms with Gasteiger partial charge in [0.25, 0.3) is 0 Å². The van der Waals surface area contributed by atoms with Gasteiger partial charge in [-0.25, -0.2) is 0 Å². The van der Waals surface area contributed by atoms with E-state index in [1.54, 1.807) is 6.08 Å². The number of aliphatic hydroxyl groups excluding tert-OH is 1. The Balaban J connectivity index is 2.22. The number of hydrogen-bond donors (Lipinski definition) is 2. The van der Waals surface area contributed by atoms with Gasteiger partial charge in [0, 0.05) is 19.2 Å². The van der Waals surface area contributed by atoms with E-state index < -0.39 is 0 Å². The summed E-state index contributed by atoms with van der Waals surface area (Å²) in [6, 6.07) is 0. The van der Waals surface area contributed by atoms with Gasteiger partial charge in [-0.15, -0.1) is 0 Å². The SMILES string of the molecule is CC=CC=CC(=O)NCC1(CCO)CC1. The maximum Gasteiger partial charge on any atom is 0.243 e. The van der Waals surface area contributed by atoms with Gasteiger partial charge < -0.3 is 10.4 Å². The van der Waals surface area contributed by atoms with Crippen molar-refractivity contribution in [3.8, 4) is 0 Å². The fourth-order valence-corrected chi connectivity index (χ4v) is 1.52. The van der Waals surface area contributed by atoms with Crippen LogP contribution in [0.3, 0.4) is 0 Å². The van der Waals surface area contributed by atoms with Crippen LogP contribution < -0.4 is 5.32 Å². The van der Waals surface area contributed by atoms with Crippen LogP contribution in [0.25, 0.3) is 0 Å². The molecule has 0 aromatic carbocycles. The molecule has 0 spiro atoms. The van der Waals surface area contributed by atoms with Crippen molar-refractivity contribution in [2.75, 3.05) is 13.2 Å².